The van der Waals surface area contributed by atoms with Gasteiger partial charge in [0.05, 0.1) is 22.3 Å². The van der Waals surface area contributed by atoms with E-state index in [4.69, 9.17) is 4.65 Å². The van der Waals surface area contributed by atoms with Crippen LogP contribution in [0.3, 0.4) is 0 Å². The van der Waals surface area contributed by atoms with Gasteiger partial charge in [-0.3, -0.25) is 0 Å². The fourth-order valence-electron chi connectivity index (χ4n) is 7.82. The lowest BCUT2D eigenvalue weighted by Gasteiger charge is -2.34. The van der Waals surface area contributed by atoms with Crippen molar-refractivity contribution in [3.05, 3.63) is 152 Å². The normalized spacial score (nSPS) is 15.5. The number of hydrogen-bond donors (Lipinski definition) is 0. The first-order chi connectivity index (χ1) is 23.8. The lowest BCUT2D eigenvalue weighted by atomic mass is 9.54. The number of para-hydroxylation sites is 1. The molecule has 1 aromatic heterocycles. The lowest BCUT2D eigenvalue weighted by Crippen LogP contribution is -2.36. The second-order valence-corrected chi connectivity index (χ2v) is 14.7. The number of aromatic nitrogens is 1. The van der Waals surface area contributed by atoms with E-state index in [9.17, 15) is 0 Å². The van der Waals surface area contributed by atoms with Gasteiger partial charge in [-0.1, -0.05) is 111 Å². The van der Waals surface area contributed by atoms with Crippen molar-refractivity contribution in [2.45, 2.75) is 39.6 Å². The van der Waals surface area contributed by atoms with E-state index in [0.717, 1.165) is 29.1 Å². The quantitative estimate of drug-likeness (QED) is 0.175. The molecular formula is C45H39BN2O. The molecule has 49 heavy (non-hydrogen) atoms. The first-order valence-corrected chi connectivity index (χ1v) is 17.4. The molecule has 1 aliphatic rings. The standard InChI is InChI=1S/C45H39BN2O/c1-44(2)30-46(49-45(44,3)4)34-21-27-40-39-17-9-10-18-42(39)48(43(40)29-34)36-25-23-35(24-26-36)47(37-22-20-31-12-5-6-14-33(31)28-37)41-19-11-15-32-13-7-8-16-38(32)41/h5-29H,30H2,1-4H3. The molecule has 0 unspecified atom stereocenters. The van der Waals surface area contributed by atoms with Crippen LogP contribution in [0, 0.1) is 5.41 Å². The summed E-state index contributed by atoms with van der Waals surface area (Å²) >= 11 is 0. The Bertz CT molecular complexity index is 2510. The highest BCUT2D eigenvalue weighted by Gasteiger charge is 2.49. The van der Waals surface area contributed by atoms with Crippen molar-refractivity contribution in [3.8, 4) is 5.69 Å². The van der Waals surface area contributed by atoms with Crippen molar-refractivity contribution < 1.29 is 4.65 Å². The summed E-state index contributed by atoms with van der Waals surface area (Å²) < 4.78 is 9.11. The van der Waals surface area contributed by atoms with Gasteiger partial charge in [0, 0.05) is 33.2 Å². The van der Waals surface area contributed by atoms with E-state index in [1.165, 1.54) is 48.8 Å². The Morgan fingerprint density at radius 3 is 1.98 bits per heavy atom. The molecule has 9 rings (SSSR count). The van der Waals surface area contributed by atoms with Gasteiger partial charge in [0.2, 0.25) is 0 Å². The molecule has 2 heterocycles. The Morgan fingerprint density at radius 1 is 0.551 bits per heavy atom. The van der Waals surface area contributed by atoms with Gasteiger partial charge in [-0.2, -0.15) is 0 Å². The van der Waals surface area contributed by atoms with Gasteiger partial charge in [-0.05, 0) is 102 Å². The Morgan fingerprint density at radius 2 is 1.20 bits per heavy atom. The van der Waals surface area contributed by atoms with Crippen molar-refractivity contribution in [1.82, 2.24) is 4.57 Å². The van der Waals surface area contributed by atoms with Gasteiger partial charge in [-0.15, -0.1) is 0 Å². The molecule has 4 heteroatoms. The molecule has 0 saturated carbocycles. The third kappa shape index (κ3) is 4.85. The molecule has 3 nitrogen and oxygen atoms in total. The van der Waals surface area contributed by atoms with E-state index in [0.29, 0.717) is 0 Å². The van der Waals surface area contributed by atoms with E-state index < -0.39 is 0 Å². The highest BCUT2D eigenvalue weighted by atomic mass is 16.5. The molecular weight excluding hydrogens is 595 g/mol. The predicted molar refractivity (Wildman–Crippen MR) is 210 cm³/mol. The number of nitrogens with zero attached hydrogens (tertiary/aromatic N) is 2. The molecule has 1 fully saturated rings. The summed E-state index contributed by atoms with van der Waals surface area (Å²) in [6.07, 6.45) is 0.999. The number of fused-ring (bicyclic) bond motifs is 5. The summed E-state index contributed by atoms with van der Waals surface area (Å²) in [5, 5.41) is 7.42. The highest BCUT2D eigenvalue weighted by Crippen LogP contribution is 2.46. The second kappa shape index (κ2) is 11.1. The maximum absolute atomic E-state index is 6.69. The fourth-order valence-corrected chi connectivity index (χ4v) is 7.82. The molecule has 0 spiro atoms. The summed E-state index contributed by atoms with van der Waals surface area (Å²) in [5.74, 6) is 0. The van der Waals surface area contributed by atoms with Crippen molar-refractivity contribution in [2.75, 3.05) is 4.90 Å². The Kier molecular flexibility index (Phi) is 6.76. The van der Waals surface area contributed by atoms with Crippen LogP contribution in [0.1, 0.15) is 27.7 Å². The minimum absolute atomic E-state index is 0.0689. The zero-order valence-corrected chi connectivity index (χ0v) is 28.5. The highest BCUT2D eigenvalue weighted by molar-refractivity contribution is 6.68. The fraction of sp³-hybridized carbons (Fsp3) is 0.156. The molecule has 0 radical (unpaired) electrons. The van der Waals surface area contributed by atoms with Gasteiger partial charge >= 0.3 is 6.92 Å². The van der Waals surface area contributed by atoms with E-state index >= 15 is 0 Å². The molecule has 0 N–H and O–H groups in total. The number of hydrogen-bond acceptors (Lipinski definition) is 2. The van der Waals surface area contributed by atoms with Crippen LogP contribution in [0.25, 0.3) is 49.0 Å². The molecule has 238 valence electrons. The van der Waals surface area contributed by atoms with Gasteiger partial charge in [-0.25, -0.2) is 0 Å². The topological polar surface area (TPSA) is 17.4 Å². The van der Waals surface area contributed by atoms with Crippen LogP contribution in [0.2, 0.25) is 6.32 Å². The second-order valence-electron chi connectivity index (χ2n) is 14.7. The first kappa shape index (κ1) is 29.8. The van der Waals surface area contributed by atoms with Crippen molar-refractivity contribution >= 4 is 72.8 Å². The van der Waals surface area contributed by atoms with Crippen LogP contribution in [-0.2, 0) is 4.65 Å². The summed E-state index contributed by atoms with van der Waals surface area (Å²) in [5.41, 5.74) is 8.10. The van der Waals surface area contributed by atoms with E-state index in [1.807, 2.05) is 0 Å². The van der Waals surface area contributed by atoms with Crippen LogP contribution in [-0.4, -0.2) is 17.1 Å². The van der Waals surface area contributed by atoms with Crippen molar-refractivity contribution in [1.29, 1.82) is 0 Å². The van der Waals surface area contributed by atoms with Crippen LogP contribution in [0.4, 0.5) is 17.1 Å². The molecule has 7 aromatic carbocycles. The monoisotopic (exact) mass is 634 g/mol. The summed E-state index contributed by atoms with van der Waals surface area (Å²) in [6, 6.07) is 55.3. The van der Waals surface area contributed by atoms with Crippen LogP contribution >= 0.6 is 0 Å². The summed E-state index contributed by atoms with van der Waals surface area (Å²) in [6.45, 7) is 9.17. The number of benzene rings is 7. The third-order valence-electron chi connectivity index (χ3n) is 11.2. The molecule has 0 aliphatic carbocycles. The van der Waals surface area contributed by atoms with Crippen LogP contribution < -0.4 is 10.4 Å². The third-order valence-corrected chi connectivity index (χ3v) is 11.2. The smallest absolute Gasteiger partial charge is 0.328 e. The minimum Gasteiger partial charge on any atom is -0.426 e. The van der Waals surface area contributed by atoms with Gasteiger partial charge in [0.15, 0.2) is 0 Å². The maximum atomic E-state index is 6.69. The van der Waals surface area contributed by atoms with Crippen LogP contribution in [0.5, 0.6) is 0 Å². The number of rotatable bonds is 5. The van der Waals surface area contributed by atoms with E-state index in [-0.39, 0.29) is 17.9 Å². The first-order valence-electron chi connectivity index (χ1n) is 17.4. The predicted octanol–water partition coefficient (Wildman–Crippen LogP) is 11.6. The Labute approximate surface area is 288 Å². The molecule has 1 aliphatic heterocycles. The van der Waals surface area contributed by atoms with Gasteiger partial charge in [0.1, 0.15) is 0 Å². The van der Waals surface area contributed by atoms with Crippen molar-refractivity contribution in [3.63, 3.8) is 0 Å². The molecule has 0 amide bonds. The summed E-state index contributed by atoms with van der Waals surface area (Å²) in [7, 11) is 0. The maximum Gasteiger partial charge on any atom is 0.328 e. The molecule has 8 aromatic rings. The van der Waals surface area contributed by atoms with Gasteiger partial charge in [0.25, 0.3) is 0 Å². The molecule has 1 saturated heterocycles. The van der Waals surface area contributed by atoms with Crippen molar-refractivity contribution in [2.24, 2.45) is 5.41 Å². The van der Waals surface area contributed by atoms with Gasteiger partial charge < -0.3 is 14.1 Å². The molecule has 0 bridgehead atoms. The van der Waals surface area contributed by atoms with E-state index in [2.05, 4.69) is 189 Å². The molecule has 0 atom stereocenters. The lowest BCUT2D eigenvalue weighted by molar-refractivity contribution is 0.0375. The Balaban J connectivity index is 1.19. The average Bonchev–Trinajstić information content (AvgIpc) is 3.57. The van der Waals surface area contributed by atoms with E-state index in [1.54, 1.807) is 0 Å². The summed E-state index contributed by atoms with van der Waals surface area (Å²) in [4.78, 5) is 2.39. The Hall–Kier alpha value is -5.32. The zero-order chi connectivity index (χ0) is 33.3. The minimum atomic E-state index is -0.184. The SMILES string of the molecule is CC1(C)CB(c2ccc3c4ccccc4n(-c4ccc(N(c5ccc6ccccc6c5)c5cccc6ccccc56)cc4)c3c2)OC1(C)C. The average molecular weight is 635 g/mol. The number of anilines is 3. The zero-order valence-electron chi connectivity index (χ0n) is 28.5. The van der Waals surface area contributed by atoms with Crippen LogP contribution in [0.15, 0.2) is 152 Å². The largest absolute Gasteiger partial charge is 0.426 e.